The second kappa shape index (κ2) is 8.16. The fourth-order valence-corrected chi connectivity index (χ4v) is 3.74. The molecule has 2 aromatic carbocycles. The Bertz CT molecular complexity index is 1210. The molecule has 1 amide bonds. The maximum absolute atomic E-state index is 12.6. The minimum atomic E-state index is 0.0271. The second-order valence-electron chi connectivity index (χ2n) is 7.36. The molecule has 8 heteroatoms. The number of hydrogen-bond donors (Lipinski definition) is 1. The van der Waals surface area contributed by atoms with Gasteiger partial charge in [0.25, 0.3) is 5.91 Å². The smallest absolute Gasteiger partial charge is 0.254 e. The highest BCUT2D eigenvalue weighted by molar-refractivity contribution is 5.95. The van der Waals surface area contributed by atoms with Crippen molar-refractivity contribution in [3.05, 3.63) is 72.2 Å². The Morgan fingerprint density at radius 3 is 2.48 bits per heavy atom. The SMILES string of the molecule is Cc1nn(-c2ccccc2)c2ncnc(Nc3ccc(C(=O)N4CCOCC4)cc3)c12. The molecule has 156 valence electrons. The van der Waals surface area contributed by atoms with E-state index < -0.39 is 0 Å². The van der Waals surface area contributed by atoms with E-state index >= 15 is 0 Å². The second-order valence-corrected chi connectivity index (χ2v) is 7.36. The van der Waals surface area contributed by atoms with Crippen LogP contribution in [0.1, 0.15) is 16.1 Å². The first-order valence-electron chi connectivity index (χ1n) is 10.2. The number of aryl methyl sites for hydroxylation is 1. The van der Waals surface area contributed by atoms with E-state index in [0.29, 0.717) is 37.7 Å². The summed E-state index contributed by atoms with van der Waals surface area (Å²) in [6.45, 7) is 4.38. The number of aromatic nitrogens is 4. The van der Waals surface area contributed by atoms with Crippen molar-refractivity contribution in [2.45, 2.75) is 6.92 Å². The number of amides is 1. The van der Waals surface area contributed by atoms with Crippen LogP contribution in [0, 0.1) is 6.92 Å². The summed E-state index contributed by atoms with van der Waals surface area (Å²) in [5.74, 6) is 0.705. The topological polar surface area (TPSA) is 85.2 Å². The van der Waals surface area contributed by atoms with E-state index in [0.717, 1.165) is 28.1 Å². The summed E-state index contributed by atoms with van der Waals surface area (Å²) >= 11 is 0. The average Bonchev–Trinajstić information content (AvgIpc) is 3.18. The largest absolute Gasteiger partial charge is 0.378 e. The van der Waals surface area contributed by atoms with E-state index in [-0.39, 0.29) is 5.91 Å². The minimum absolute atomic E-state index is 0.0271. The molecule has 0 unspecified atom stereocenters. The highest BCUT2D eigenvalue weighted by Crippen LogP contribution is 2.27. The third-order valence-electron chi connectivity index (χ3n) is 5.33. The Morgan fingerprint density at radius 2 is 1.74 bits per heavy atom. The summed E-state index contributed by atoms with van der Waals surface area (Å²) in [4.78, 5) is 23.4. The van der Waals surface area contributed by atoms with Crippen LogP contribution in [0.15, 0.2) is 60.9 Å². The maximum atomic E-state index is 12.6. The highest BCUT2D eigenvalue weighted by Gasteiger charge is 2.19. The molecule has 5 rings (SSSR count). The van der Waals surface area contributed by atoms with Crippen LogP contribution in [0.25, 0.3) is 16.7 Å². The van der Waals surface area contributed by atoms with E-state index in [2.05, 4.69) is 20.4 Å². The third kappa shape index (κ3) is 3.73. The number of benzene rings is 2. The summed E-state index contributed by atoms with van der Waals surface area (Å²) in [6, 6.07) is 17.3. The zero-order valence-electron chi connectivity index (χ0n) is 17.2. The van der Waals surface area contributed by atoms with E-state index in [1.807, 2.05) is 71.1 Å². The molecule has 0 aliphatic carbocycles. The Morgan fingerprint density at radius 1 is 1.00 bits per heavy atom. The molecule has 1 N–H and O–H groups in total. The van der Waals surface area contributed by atoms with Gasteiger partial charge in [-0.15, -0.1) is 0 Å². The van der Waals surface area contributed by atoms with Crippen molar-refractivity contribution in [2.75, 3.05) is 31.6 Å². The van der Waals surface area contributed by atoms with Crippen LogP contribution in [0.2, 0.25) is 0 Å². The number of anilines is 2. The van der Waals surface area contributed by atoms with Gasteiger partial charge in [-0.1, -0.05) is 18.2 Å². The Labute approximate surface area is 179 Å². The number of morpholine rings is 1. The van der Waals surface area contributed by atoms with Gasteiger partial charge in [0.2, 0.25) is 0 Å². The van der Waals surface area contributed by atoms with Crippen LogP contribution < -0.4 is 5.32 Å². The van der Waals surface area contributed by atoms with Crippen LogP contribution in [0.5, 0.6) is 0 Å². The minimum Gasteiger partial charge on any atom is -0.378 e. The van der Waals surface area contributed by atoms with Crippen LogP contribution in [-0.2, 0) is 4.74 Å². The van der Waals surface area contributed by atoms with E-state index in [1.165, 1.54) is 6.33 Å². The number of rotatable bonds is 4. The van der Waals surface area contributed by atoms with Gasteiger partial charge in [-0.2, -0.15) is 5.10 Å². The van der Waals surface area contributed by atoms with Crippen molar-refractivity contribution in [1.29, 1.82) is 0 Å². The summed E-state index contributed by atoms with van der Waals surface area (Å²) in [6.07, 6.45) is 1.53. The Kier molecular flexibility index (Phi) is 5.05. The van der Waals surface area contributed by atoms with Crippen molar-refractivity contribution >= 4 is 28.4 Å². The van der Waals surface area contributed by atoms with Crippen molar-refractivity contribution < 1.29 is 9.53 Å². The van der Waals surface area contributed by atoms with Gasteiger partial charge in [0.05, 0.1) is 30.0 Å². The number of hydrogen-bond acceptors (Lipinski definition) is 6. The molecule has 0 atom stereocenters. The fourth-order valence-electron chi connectivity index (χ4n) is 3.74. The van der Waals surface area contributed by atoms with Crippen LogP contribution >= 0.6 is 0 Å². The first-order valence-corrected chi connectivity index (χ1v) is 10.2. The van der Waals surface area contributed by atoms with Gasteiger partial charge >= 0.3 is 0 Å². The zero-order valence-corrected chi connectivity index (χ0v) is 17.2. The molecule has 3 heterocycles. The molecule has 0 saturated carbocycles. The molecular formula is C23H22N6O2. The Hall–Kier alpha value is -3.78. The van der Waals surface area contributed by atoms with Gasteiger partial charge in [-0.25, -0.2) is 14.6 Å². The quantitative estimate of drug-likeness (QED) is 0.551. The first kappa shape index (κ1) is 19.2. The lowest BCUT2D eigenvalue weighted by atomic mass is 10.1. The van der Waals surface area contributed by atoms with Gasteiger partial charge in [-0.05, 0) is 43.3 Å². The molecule has 0 radical (unpaired) electrons. The number of nitrogens with zero attached hydrogens (tertiary/aromatic N) is 5. The summed E-state index contributed by atoms with van der Waals surface area (Å²) in [5.41, 5.74) is 4.01. The number of ether oxygens (including phenoxy) is 1. The van der Waals surface area contributed by atoms with Gasteiger partial charge in [0, 0.05) is 24.3 Å². The van der Waals surface area contributed by atoms with Crippen molar-refractivity contribution in [1.82, 2.24) is 24.6 Å². The average molecular weight is 414 g/mol. The van der Waals surface area contributed by atoms with Crippen LogP contribution in [0.3, 0.4) is 0 Å². The normalized spacial score (nSPS) is 14.0. The number of nitrogens with one attached hydrogen (secondary N) is 1. The molecule has 8 nitrogen and oxygen atoms in total. The van der Waals surface area contributed by atoms with Gasteiger partial charge < -0.3 is 15.0 Å². The molecule has 1 aliphatic rings. The van der Waals surface area contributed by atoms with Crippen LogP contribution in [0.4, 0.5) is 11.5 Å². The lowest BCUT2D eigenvalue weighted by molar-refractivity contribution is 0.0303. The molecule has 2 aromatic heterocycles. The summed E-state index contributed by atoms with van der Waals surface area (Å²) in [5, 5.41) is 8.87. The monoisotopic (exact) mass is 414 g/mol. The van der Waals surface area contributed by atoms with E-state index in [1.54, 1.807) is 0 Å². The molecule has 0 spiro atoms. The molecular weight excluding hydrogens is 392 g/mol. The van der Waals surface area contributed by atoms with Crippen molar-refractivity contribution in [3.8, 4) is 5.69 Å². The lowest BCUT2D eigenvalue weighted by Crippen LogP contribution is -2.40. The summed E-state index contributed by atoms with van der Waals surface area (Å²) < 4.78 is 7.14. The highest BCUT2D eigenvalue weighted by atomic mass is 16.5. The third-order valence-corrected chi connectivity index (χ3v) is 5.33. The summed E-state index contributed by atoms with van der Waals surface area (Å²) in [7, 11) is 0. The number of para-hydroxylation sites is 1. The van der Waals surface area contributed by atoms with Gasteiger partial charge in [0.1, 0.15) is 12.1 Å². The van der Waals surface area contributed by atoms with Gasteiger partial charge in [-0.3, -0.25) is 4.79 Å². The van der Waals surface area contributed by atoms with E-state index in [4.69, 9.17) is 4.74 Å². The lowest BCUT2D eigenvalue weighted by Gasteiger charge is -2.26. The molecule has 1 fully saturated rings. The first-order chi connectivity index (χ1) is 15.2. The molecule has 0 bridgehead atoms. The number of carbonyl (C=O) groups excluding carboxylic acids is 1. The zero-order chi connectivity index (χ0) is 21.2. The standard InChI is InChI=1S/C23H22N6O2/c1-16-20-21(24-15-25-22(20)29(27-16)19-5-3-2-4-6-19)26-18-9-7-17(8-10-18)23(30)28-11-13-31-14-12-28/h2-10,15H,11-14H2,1H3,(H,24,25,26). The Balaban J connectivity index is 1.42. The van der Waals surface area contributed by atoms with Crippen LogP contribution in [-0.4, -0.2) is 56.9 Å². The van der Waals surface area contributed by atoms with Crippen molar-refractivity contribution in [2.24, 2.45) is 0 Å². The van der Waals surface area contributed by atoms with E-state index in [9.17, 15) is 4.79 Å². The number of fused-ring (bicyclic) bond motifs is 1. The van der Waals surface area contributed by atoms with Crippen molar-refractivity contribution in [3.63, 3.8) is 0 Å². The molecule has 4 aromatic rings. The molecule has 1 aliphatic heterocycles. The van der Waals surface area contributed by atoms with Gasteiger partial charge in [0.15, 0.2) is 5.65 Å². The maximum Gasteiger partial charge on any atom is 0.254 e. The fraction of sp³-hybridized carbons (Fsp3) is 0.217. The number of carbonyl (C=O) groups is 1. The predicted octanol–water partition coefficient (Wildman–Crippen LogP) is 3.34. The molecule has 1 saturated heterocycles. The molecule has 31 heavy (non-hydrogen) atoms. The predicted molar refractivity (Wildman–Crippen MR) is 118 cm³/mol.